The van der Waals surface area contributed by atoms with E-state index in [2.05, 4.69) is 10.2 Å². The second kappa shape index (κ2) is 4.05. The molecule has 0 aliphatic heterocycles. The molecular weight excluding hydrogens is 229 g/mol. The van der Waals surface area contributed by atoms with Crippen LogP contribution < -0.4 is 0 Å². The van der Waals surface area contributed by atoms with Crippen molar-refractivity contribution >= 4 is 12.2 Å². The summed E-state index contributed by atoms with van der Waals surface area (Å²) in [5, 5.41) is 16.1. The molecule has 16 heavy (non-hydrogen) atoms. The van der Waals surface area contributed by atoms with E-state index in [0.717, 1.165) is 0 Å². The van der Waals surface area contributed by atoms with Gasteiger partial charge in [-0.1, -0.05) is 6.07 Å². The summed E-state index contributed by atoms with van der Waals surface area (Å²) in [7, 11) is 0. The first-order valence-corrected chi connectivity index (χ1v) is 5.19. The lowest BCUT2D eigenvalue weighted by molar-refractivity contribution is 0.470. The normalized spacial score (nSPS) is 10.6. The number of halogens is 1. The summed E-state index contributed by atoms with van der Waals surface area (Å²) in [4.78, 5) is 0. The van der Waals surface area contributed by atoms with Gasteiger partial charge >= 0.3 is 0 Å². The van der Waals surface area contributed by atoms with Crippen LogP contribution in [0.2, 0.25) is 0 Å². The number of rotatable bonds is 2. The lowest BCUT2D eigenvalue weighted by Gasteiger charge is -2.06. The van der Waals surface area contributed by atoms with Gasteiger partial charge in [0.2, 0.25) is 0 Å². The van der Waals surface area contributed by atoms with Crippen LogP contribution in [0.1, 0.15) is 6.92 Å². The van der Waals surface area contributed by atoms with Crippen LogP contribution in [0.15, 0.2) is 18.2 Å². The van der Waals surface area contributed by atoms with Gasteiger partial charge in [-0.25, -0.2) is 4.39 Å². The fourth-order valence-electron chi connectivity index (χ4n) is 1.54. The highest BCUT2D eigenvalue weighted by molar-refractivity contribution is 7.71. The zero-order valence-corrected chi connectivity index (χ0v) is 9.38. The van der Waals surface area contributed by atoms with E-state index in [4.69, 9.17) is 12.2 Å². The van der Waals surface area contributed by atoms with E-state index < -0.39 is 5.82 Å². The van der Waals surface area contributed by atoms with Crippen LogP contribution in [0.3, 0.4) is 0 Å². The van der Waals surface area contributed by atoms with E-state index >= 15 is 0 Å². The Morgan fingerprint density at radius 1 is 1.56 bits per heavy atom. The van der Waals surface area contributed by atoms with Crippen molar-refractivity contribution in [3.05, 3.63) is 28.8 Å². The number of H-pyrrole nitrogens is 1. The summed E-state index contributed by atoms with van der Waals surface area (Å²) in [5.74, 6) is -0.365. The lowest BCUT2D eigenvalue weighted by atomic mass is 10.1. The summed E-state index contributed by atoms with van der Waals surface area (Å²) in [6.07, 6.45) is 0. The highest BCUT2D eigenvalue weighted by Crippen LogP contribution is 2.30. The number of hydrogen-bond acceptors (Lipinski definition) is 3. The molecule has 0 saturated carbocycles. The molecule has 0 saturated heterocycles. The molecule has 0 atom stereocenters. The molecule has 1 aromatic heterocycles. The van der Waals surface area contributed by atoms with Crippen molar-refractivity contribution in [3.8, 4) is 17.1 Å². The number of phenolic OH excluding ortho intramolecular Hbond substituents is 1. The van der Waals surface area contributed by atoms with Crippen molar-refractivity contribution in [3.63, 3.8) is 0 Å². The van der Waals surface area contributed by atoms with Gasteiger partial charge in [0.15, 0.2) is 10.6 Å². The molecule has 1 aromatic carbocycles. The molecule has 6 heteroatoms. The number of aromatic hydroxyl groups is 1. The van der Waals surface area contributed by atoms with Crippen molar-refractivity contribution in [2.75, 3.05) is 0 Å². The first-order valence-electron chi connectivity index (χ1n) is 4.78. The predicted octanol–water partition coefficient (Wildman–Crippen LogP) is 2.47. The van der Waals surface area contributed by atoms with Crippen molar-refractivity contribution in [1.82, 2.24) is 14.8 Å². The third-order valence-corrected chi connectivity index (χ3v) is 2.60. The lowest BCUT2D eigenvalue weighted by Crippen LogP contribution is -1.99. The number of benzene rings is 1. The molecule has 0 spiro atoms. The summed E-state index contributed by atoms with van der Waals surface area (Å²) in [6, 6.07) is 4.12. The molecule has 0 aliphatic rings. The highest BCUT2D eigenvalue weighted by atomic mass is 32.1. The van der Waals surface area contributed by atoms with E-state index in [9.17, 15) is 9.50 Å². The Hall–Kier alpha value is -1.69. The minimum absolute atomic E-state index is 0.0664. The molecule has 2 N–H and O–H groups in total. The Balaban J connectivity index is 2.72. The highest BCUT2D eigenvalue weighted by Gasteiger charge is 2.16. The summed E-state index contributed by atoms with van der Waals surface area (Å²) >= 11 is 5.00. The van der Waals surface area contributed by atoms with Gasteiger partial charge in [-0.2, -0.15) is 5.10 Å². The summed E-state index contributed by atoms with van der Waals surface area (Å²) in [5.41, 5.74) is 0.0664. The van der Waals surface area contributed by atoms with Gasteiger partial charge in [-0.15, -0.1) is 0 Å². The predicted molar refractivity (Wildman–Crippen MR) is 60.1 cm³/mol. The summed E-state index contributed by atoms with van der Waals surface area (Å²) < 4.78 is 15.6. The molecule has 0 aliphatic carbocycles. The van der Waals surface area contributed by atoms with E-state index in [0.29, 0.717) is 17.1 Å². The monoisotopic (exact) mass is 239 g/mol. The maximum absolute atomic E-state index is 13.6. The van der Waals surface area contributed by atoms with E-state index in [1.165, 1.54) is 18.2 Å². The minimum atomic E-state index is -0.524. The molecule has 84 valence electrons. The Labute approximate surface area is 96.4 Å². The first-order chi connectivity index (χ1) is 7.65. The molecular formula is C10H10FN3OS. The third kappa shape index (κ3) is 1.61. The molecule has 1 heterocycles. The van der Waals surface area contributed by atoms with Crippen molar-refractivity contribution in [2.24, 2.45) is 0 Å². The van der Waals surface area contributed by atoms with Gasteiger partial charge in [0, 0.05) is 6.54 Å². The number of nitrogens with one attached hydrogen (secondary N) is 1. The number of aromatic nitrogens is 3. The molecule has 0 bridgehead atoms. The molecule has 2 rings (SSSR count). The van der Waals surface area contributed by atoms with Crippen molar-refractivity contribution < 1.29 is 9.50 Å². The van der Waals surface area contributed by atoms with Gasteiger partial charge < -0.3 is 9.67 Å². The van der Waals surface area contributed by atoms with E-state index in [1.54, 1.807) is 4.57 Å². The molecule has 4 nitrogen and oxygen atoms in total. The molecule has 0 fully saturated rings. The van der Waals surface area contributed by atoms with E-state index in [1.807, 2.05) is 6.92 Å². The fourth-order valence-corrected chi connectivity index (χ4v) is 1.80. The van der Waals surface area contributed by atoms with Crippen LogP contribution in [-0.2, 0) is 6.54 Å². The van der Waals surface area contributed by atoms with Crippen LogP contribution in [-0.4, -0.2) is 19.9 Å². The zero-order valence-electron chi connectivity index (χ0n) is 8.57. The molecule has 0 unspecified atom stereocenters. The standard InChI is InChI=1S/C10H10FN3OS/c1-2-14-9(12-13-10(14)16)8-6(11)4-3-5-7(8)15/h3-5,15H,2H2,1H3,(H,13,16). The quantitative estimate of drug-likeness (QED) is 0.791. The fraction of sp³-hybridized carbons (Fsp3) is 0.200. The maximum atomic E-state index is 13.6. The van der Waals surface area contributed by atoms with Crippen LogP contribution >= 0.6 is 12.2 Å². The Morgan fingerprint density at radius 2 is 2.31 bits per heavy atom. The van der Waals surface area contributed by atoms with Crippen LogP contribution in [0.4, 0.5) is 4.39 Å². The van der Waals surface area contributed by atoms with Gasteiger partial charge in [-0.05, 0) is 31.3 Å². The Bertz CT molecular complexity index is 555. The molecule has 2 aromatic rings. The molecule has 0 amide bonds. The van der Waals surface area contributed by atoms with Crippen LogP contribution in [0, 0.1) is 10.6 Å². The topological polar surface area (TPSA) is 53.8 Å². The largest absolute Gasteiger partial charge is 0.507 e. The van der Waals surface area contributed by atoms with Crippen LogP contribution in [0.5, 0.6) is 5.75 Å². The van der Waals surface area contributed by atoms with Crippen molar-refractivity contribution in [2.45, 2.75) is 13.5 Å². The number of hydrogen-bond donors (Lipinski definition) is 2. The SMILES string of the molecule is CCn1c(-c2c(O)cccc2F)n[nH]c1=S. The first kappa shape index (κ1) is 10.8. The van der Waals surface area contributed by atoms with Crippen molar-refractivity contribution in [1.29, 1.82) is 0 Å². The zero-order chi connectivity index (χ0) is 11.7. The number of aromatic amines is 1. The molecule has 0 radical (unpaired) electrons. The second-order valence-electron chi connectivity index (χ2n) is 3.23. The van der Waals surface area contributed by atoms with E-state index in [-0.39, 0.29) is 11.3 Å². The van der Waals surface area contributed by atoms with Gasteiger partial charge in [0.1, 0.15) is 11.6 Å². The van der Waals surface area contributed by atoms with Gasteiger partial charge in [0.25, 0.3) is 0 Å². The van der Waals surface area contributed by atoms with Gasteiger partial charge in [0.05, 0.1) is 5.56 Å². The third-order valence-electron chi connectivity index (χ3n) is 2.29. The number of phenols is 1. The van der Waals surface area contributed by atoms with Crippen LogP contribution in [0.25, 0.3) is 11.4 Å². The second-order valence-corrected chi connectivity index (χ2v) is 3.62. The minimum Gasteiger partial charge on any atom is -0.507 e. The average Bonchev–Trinajstić information content (AvgIpc) is 2.59. The number of nitrogens with zero attached hydrogens (tertiary/aromatic N) is 2. The Morgan fingerprint density at radius 3 is 2.94 bits per heavy atom. The Kier molecular flexibility index (Phi) is 2.74. The van der Waals surface area contributed by atoms with Gasteiger partial charge in [-0.3, -0.25) is 5.10 Å². The summed E-state index contributed by atoms with van der Waals surface area (Å²) in [6.45, 7) is 2.42. The maximum Gasteiger partial charge on any atom is 0.195 e. The average molecular weight is 239 g/mol. The smallest absolute Gasteiger partial charge is 0.195 e.